The molecule has 0 amide bonds. The third-order valence-electron chi connectivity index (χ3n) is 4.98. The van der Waals surface area contributed by atoms with Crippen LogP contribution in [0, 0.1) is 0 Å². The third-order valence-corrected chi connectivity index (χ3v) is 4.98. The predicted octanol–water partition coefficient (Wildman–Crippen LogP) is 2.46. The van der Waals surface area contributed by atoms with E-state index >= 15 is 0 Å². The number of aromatic hydroxyl groups is 1. The molecule has 1 aromatic rings. The lowest BCUT2D eigenvalue weighted by molar-refractivity contribution is 0.0108. The summed E-state index contributed by atoms with van der Waals surface area (Å²) >= 11 is 0. The molecular weight excluding hydrogens is 264 g/mol. The van der Waals surface area contributed by atoms with Crippen molar-refractivity contribution in [2.45, 2.75) is 44.8 Å². The number of nitrogens with zero attached hydrogens (tertiary/aromatic N) is 2. The Hall–Kier alpha value is -1.26. The molecule has 2 saturated heterocycles. The fraction of sp³-hybridized carbons (Fsp3) is 0.647. The number of phenolic OH excluding ortho intramolecular Hbond substituents is 1. The number of piperidine rings is 1. The lowest BCUT2D eigenvalue weighted by atomic mass is 9.96. The molecule has 0 aromatic heterocycles. The molecule has 116 valence electrons. The minimum atomic E-state index is 0.340. The molecule has 0 spiro atoms. The highest BCUT2D eigenvalue weighted by molar-refractivity contribution is 5.39. The van der Waals surface area contributed by atoms with Crippen LogP contribution in [-0.2, 0) is 6.54 Å². The molecule has 21 heavy (non-hydrogen) atoms. The van der Waals surface area contributed by atoms with Crippen LogP contribution in [0.4, 0.5) is 0 Å². The van der Waals surface area contributed by atoms with E-state index in [0.29, 0.717) is 23.6 Å². The zero-order chi connectivity index (χ0) is 14.8. The standard InChI is InChI=1S/C17H26N2O2/c1-13-10-18-8-4-3-5-15(18)12-19(13)11-14-6-7-16(21-2)9-17(14)20/h6-7,9,13,15,20H,3-5,8,10-12H2,1-2H3. The number of benzene rings is 1. The van der Waals surface area contributed by atoms with E-state index in [1.807, 2.05) is 12.1 Å². The summed E-state index contributed by atoms with van der Waals surface area (Å²) in [6, 6.07) is 6.86. The topological polar surface area (TPSA) is 35.9 Å². The number of phenols is 1. The Kier molecular flexibility index (Phi) is 4.36. The van der Waals surface area contributed by atoms with Crippen LogP contribution < -0.4 is 4.74 Å². The predicted molar refractivity (Wildman–Crippen MR) is 83.7 cm³/mol. The molecular formula is C17H26N2O2. The fourth-order valence-electron chi connectivity index (χ4n) is 3.66. The molecule has 2 unspecified atom stereocenters. The first kappa shape index (κ1) is 14.7. The molecule has 3 rings (SSSR count). The van der Waals surface area contributed by atoms with E-state index in [1.165, 1.54) is 25.8 Å². The fourth-order valence-corrected chi connectivity index (χ4v) is 3.66. The number of rotatable bonds is 3. The van der Waals surface area contributed by atoms with Gasteiger partial charge in [0.2, 0.25) is 0 Å². The van der Waals surface area contributed by atoms with Gasteiger partial charge in [0.1, 0.15) is 11.5 Å². The van der Waals surface area contributed by atoms with E-state index < -0.39 is 0 Å². The number of hydrogen-bond acceptors (Lipinski definition) is 4. The Morgan fingerprint density at radius 1 is 1.29 bits per heavy atom. The highest BCUT2D eigenvalue weighted by Crippen LogP contribution is 2.28. The van der Waals surface area contributed by atoms with Gasteiger partial charge in [0.25, 0.3) is 0 Å². The van der Waals surface area contributed by atoms with Crippen LogP contribution in [0.2, 0.25) is 0 Å². The van der Waals surface area contributed by atoms with Gasteiger partial charge < -0.3 is 9.84 Å². The average molecular weight is 290 g/mol. The van der Waals surface area contributed by atoms with E-state index in [9.17, 15) is 5.11 Å². The summed E-state index contributed by atoms with van der Waals surface area (Å²) in [6.07, 6.45) is 4.03. The van der Waals surface area contributed by atoms with Gasteiger partial charge >= 0.3 is 0 Å². The Morgan fingerprint density at radius 3 is 2.90 bits per heavy atom. The van der Waals surface area contributed by atoms with Crippen molar-refractivity contribution < 1.29 is 9.84 Å². The molecule has 4 heteroatoms. The van der Waals surface area contributed by atoms with Crippen molar-refractivity contribution in [3.05, 3.63) is 23.8 Å². The molecule has 4 nitrogen and oxygen atoms in total. The second-order valence-electron chi connectivity index (χ2n) is 6.42. The van der Waals surface area contributed by atoms with E-state index in [1.54, 1.807) is 13.2 Å². The summed E-state index contributed by atoms with van der Waals surface area (Å²) in [6.45, 7) is 6.65. The van der Waals surface area contributed by atoms with Gasteiger partial charge in [-0.15, -0.1) is 0 Å². The van der Waals surface area contributed by atoms with Gasteiger partial charge in [0.05, 0.1) is 7.11 Å². The van der Waals surface area contributed by atoms with Crippen molar-refractivity contribution in [3.8, 4) is 11.5 Å². The van der Waals surface area contributed by atoms with Gasteiger partial charge in [-0.25, -0.2) is 0 Å². The minimum Gasteiger partial charge on any atom is -0.507 e. The summed E-state index contributed by atoms with van der Waals surface area (Å²) in [5.74, 6) is 1.05. The molecule has 0 aliphatic carbocycles. The van der Waals surface area contributed by atoms with Gasteiger partial charge in [-0.3, -0.25) is 9.80 Å². The summed E-state index contributed by atoms with van der Waals surface area (Å²) in [7, 11) is 1.62. The average Bonchev–Trinajstić information content (AvgIpc) is 2.49. The van der Waals surface area contributed by atoms with Crippen molar-refractivity contribution in [3.63, 3.8) is 0 Å². The maximum Gasteiger partial charge on any atom is 0.123 e. The first-order valence-electron chi connectivity index (χ1n) is 8.01. The van der Waals surface area contributed by atoms with Gasteiger partial charge in [-0.05, 0) is 32.4 Å². The summed E-state index contributed by atoms with van der Waals surface area (Å²) in [5, 5.41) is 10.2. The number of hydrogen-bond donors (Lipinski definition) is 1. The maximum absolute atomic E-state index is 10.2. The quantitative estimate of drug-likeness (QED) is 0.927. The van der Waals surface area contributed by atoms with Gasteiger partial charge in [0.15, 0.2) is 0 Å². The van der Waals surface area contributed by atoms with Crippen LogP contribution in [0.3, 0.4) is 0 Å². The maximum atomic E-state index is 10.2. The van der Waals surface area contributed by atoms with E-state index in [-0.39, 0.29) is 0 Å². The first-order valence-corrected chi connectivity index (χ1v) is 8.01. The van der Waals surface area contributed by atoms with Crippen LogP contribution in [0.15, 0.2) is 18.2 Å². The highest BCUT2D eigenvalue weighted by Gasteiger charge is 2.32. The smallest absolute Gasteiger partial charge is 0.123 e. The van der Waals surface area contributed by atoms with Crippen LogP contribution in [-0.4, -0.2) is 53.7 Å². The summed E-state index contributed by atoms with van der Waals surface area (Å²) < 4.78 is 5.15. The van der Waals surface area contributed by atoms with Crippen molar-refractivity contribution in [2.75, 3.05) is 26.7 Å². The van der Waals surface area contributed by atoms with E-state index in [2.05, 4.69) is 16.7 Å². The molecule has 0 bridgehead atoms. The lowest BCUT2D eigenvalue weighted by Crippen LogP contribution is -2.58. The summed E-state index contributed by atoms with van der Waals surface area (Å²) in [5.41, 5.74) is 0.993. The van der Waals surface area contributed by atoms with Gasteiger partial charge in [-0.1, -0.05) is 12.5 Å². The summed E-state index contributed by atoms with van der Waals surface area (Å²) in [4.78, 5) is 5.16. The molecule has 2 aliphatic rings. The Bertz CT molecular complexity index is 492. The van der Waals surface area contributed by atoms with Crippen molar-refractivity contribution >= 4 is 0 Å². The molecule has 0 saturated carbocycles. The Morgan fingerprint density at radius 2 is 2.14 bits per heavy atom. The molecule has 1 N–H and O–H groups in total. The molecule has 2 fully saturated rings. The van der Waals surface area contributed by atoms with Gasteiger partial charge in [-0.2, -0.15) is 0 Å². The number of ether oxygens (including phenoxy) is 1. The number of methoxy groups -OCH3 is 1. The first-order chi connectivity index (χ1) is 10.2. The lowest BCUT2D eigenvalue weighted by Gasteiger charge is -2.47. The van der Waals surface area contributed by atoms with Crippen LogP contribution in [0.1, 0.15) is 31.7 Å². The molecule has 2 heterocycles. The van der Waals surface area contributed by atoms with E-state index in [0.717, 1.165) is 25.2 Å². The second-order valence-corrected chi connectivity index (χ2v) is 6.42. The largest absolute Gasteiger partial charge is 0.507 e. The van der Waals surface area contributed by atoms with Crippen molar-refractivity contribution in [1.29, 1.82) is 0 Å². The van der Waals surface area contributed by atoms with Crippen LogP contribution in [0.5, 0.6) is 11.5 Å². The normalized spacial score (nSPS) is 27.3. The molecule has 2 aliphatic heterocycles. The minimum absolute atomic E-state index is 0.340. The SMILES string of the molecule is COc1ccc(CN2CC3CCCCN3CC2C)c(O)c1. The van der Waals surface area contributed by atoms with E-state index in [4.69, 9.17) is 4.74 Å². The zero-order valence-electron chi connectivity index (χ0n) is 13.1. The Balaban J connectivity index is 1.69. The highest BCUT2D eigenvalue weighted by atomic mass is 16.5. The molecule has 0 radical (unpaired) electrons. The van der Waals surface area contributed by atoms with Crippen molar-refractivity contribution in [2.24, 2.45) is 0 Å². The monoisotopic (exact) mass is 290 g/mol. The number of fused-ring (bicyclic) bond motifs is 1. The molecule has 2 atom stereocenters. The van der Waals surface area contributed by atoms with Gasteiger partial charge in [0, 0.05) is 43.3 Å². The Labute approximate surface area is 127 Å². The second kappa shape index (κ2) is 6.24. The number of piperazine rings is 1. The van der Waals surface area contributed by atoms with Crippen molar-refractivity contribution in [1.82, 2.24) is 9.80 Å². The molecule has 1 aromatic carbocycles. The zero-order valence-corrected chi connectivity index (χ0v) is 13.1. The van der Waals surface area contributed by atoms with Crippen LogP contribution >= 0.6 is 0 Å². The third kappa shape index (κ3) is 3.16. The van der Waals surface area contributed by atoms with Crippen LogP contribution in [0.25, 0.3) is 0 Å².